The van der Waals surface area contributed by atoms with Crippen molar-refractivity contribution in [1.29, 1.82) is 0 Å². The molecule has 7 heteroatoms. The van der Waals surface area contributed by atoms with E-state index >= 15 is 0 Å². The maximum absolute atomic E-state index is 12.8. The number of oxazole rings is 1. The summed E-state index contributed by atoms with van der Waals surface area (Å²) in [5, 5.41) is 0. The Balaban J connectivity index is 1.68. The van der Waals surface area contributed by atoms with E-state index in [-0.39, 0.29) is 12.3 Å². The van der Waals surface area contributed by atoms with Crippen molar-refractivity contribution >= 4 is 21.1 Å². The fourth-order valence-electron chi connectivity index (χ4n) is 2.24. The van der Waals surface area contributed by atoms with Gasteiger partial charge in [0.25, 0.3) is 0 Å². The monoisotopic (exact) mass is 334 g/mol. The summed E-state index contributed by atoms with van der Waals surface area (Å²) >= 11 is 0. The minimum atomic E-state index is -3.51. The Hall–Kier alpha value is -2.25. The first-order chi connectivity index (χ1) is 10.9. The van der Waals surface area contributed by atoms with Gasteiger partial charge >= 0.3 is 0 Å². The molecule has 0 bridgehead atoms. The summed E-state index contributed by atoms with van der Waals surface area (Å²) in [5.41, 5.74) is 2.67. The molecule has 5 nitrogen and oxygen atoms in total. The Morgan fingerprint density at radius 3 is 2.57 bits per heavy atom. The quantitative estimate of drug-likeness (QED) is 0.779. The zero-order valence-electron chi connectivity index (χ0n) is 12.4. The van der Waals surface area contributed by atoms with E-state index in [9.17, 15) is 12.8 Å². The van der Waals surface area contributed by atoms with E-state index in [0.717, 1.165) is 5.56 Å². The molecule has 0 amide bonds. The summed E-state index contributed by atoms with van der Waals surface area (Å²) in [6, 6.07) is 10.7. The van der Waals surface area contributed by atoms with Crippen molar-refractivity contribution < 1.29 is 17.2 Å². The maximum atomic E-state index is 12.8. The van der Waals surface area contributed by atoms with Gasteiger partial charge < -0.3 is 4.42 Å². The minimum Gasteiger partial charge on any atom is -0.441 e. The second-order valence-corrected chi connectivity index (χ2v) is 7.05. The third-order valence-corrected chi connectivity index (χ3v) is 4.62. The Bertz CT molecular complexity index is 934. The van der Waals surface area contributed by atoms with Gasteiger partial charge in [0.2, 0.25) is 10.0 Å². The molecule has 0 aliphatic heterocycles. The van der Waals surface area contributed by atoms with Crippen LogP contribution < -0.4 is 4.72 Å². The number of nitrogens with zero attached hydrogens (tertiary/aromatic N) is 1. The number of hydrogen-bond acceptors (Lipinski definition) is 4. The number of nitrogens with one attached hydrogen (secondary N) is 1. The van der Waals surface area contributed by atoms with Crippen molar-refractivity contribution in [3.8, 4) is 0 Å². The van der Waals surface area contributed by atoms with Gasteiger partial charge in [-0.3, -0.25) is 0 Å². The van der Waals surface area contributed by atoms with Crippen molar-refractivity contribution in [1.82, 2.24) is 9.71 Å². The normalized spacial score (nSPS) is 11.9. The number of hydrogen-bond donors (Lipinski definition) is 1. The number of sulfonamides is 1. The topological polar surface area (TPSA) is 72.2 Å². The molecule has 0 saturated heterocycles. The molecule has 0 spiro atoms. The zero-order valence-corrected chi connectivity index (χ0v) is 13.2. The van der Waals surface area contributed by atoms with Gasteiger partial charge in [-0.05, 0) is 35.4 Å². The van der Waals surface area contributed by atoms with E-state index < -0.39 is 15.8 Å². The summed E-state index contributed by atoms with van der Waals surface area (Å²) in [4.78, 5) is 4.21. The summed E-state index contributed by atoms with van der Waals surface area (Å²) in [6.45, 7) is 1.91. The standard InChI is InChI=1S/C16H15FN2O3S/c1-11-19-15-8-13(4-7-16(15)22-11)9-18-23(20,21)10-12-2-5-14(17)6-3-12/h2-8,18H,9-10H2,1H3. The van der Waals surface area contributed by atoms with E-state index in [2.05, 4.69) is 9.71 Å². The molecule has 1 N–H and O–H groups in total. The highest BCUT2D eigenvalue weighted by Gasteiger charge is 2.12. The first-order valence-corrected chi connectivity index (χ1v) is 8.64. The van der Waals surface area contributed by atoms with Gasteiger partial charge in [0.1, 0.15) is 11.3 Å². The molecule has 0 saturated carbocycles. The fourth-order valence-corrected chi connectivity index (χ4v) is 3.36. The van der Waals surface area contributed by atoms with Crippen LogP contribution in [0.4, 0.5) is 4.39 Å². The van der Waals surface area contributed by atoms with Gasteiger partial charge in [0.15, 0.2) is 11.5 Å². The molecule has 0 unspecified atom stereocenters. The highest BCUT2D eigenvalue weighted by molar-refractivity contribution is 7.88. The highest BCUT2D eigenvalue weighted by Crippen LogP contribution is 2.17. The van der Waals surface area contributed by atoms with Crippen LogP contribution in [0.2, 0.25) is 0 Å². The number of fused-ring (bicyclic) bond motifs is 1. The molecule has 2 aromatic carbocycles. The number of aryl methyl sites for hydroxylation is 1. The molecular weight excluding hydrogens is 319 g/mol. The lowest BCUT2D eigenvalue weighted by atomic mass is 10.2. The van der Waals surface area contributed by atoms with Crippen LogP contribution in [0.1, 0.15) is 17.0 Å². The van der Waals surface area contributed by atoms with E-state index in [1.165, 1.54) is 24.3 Å². The average molecular weight is 334 g/mol. The predicted molar refractivity (Wildman–Crippen MR) is 84.6 cm³/mol. The zero-order chi connectivity index (χ0) is 16.4. The lowest BCUT2D eigenvalue weighted by molar-refractivity contribution is 0.561. The van der Waals surface area contributed by atoms with E-state index in [1.54, 1.807) is 25.1 Å². The molecule has 0 fully saturated rings. The molecule has 1 aromatic heterocycles. The third-order valence-electron chi connectivity index (χ3n) is 3.33. The van der Waals surface area contributed by atoms with Gasteiger partial charge in [-0.25, -0.2) is 22.5 Å². The van der Waals surface area contributed by atoms with Gasteiger partial charge in [0, 0.05) is 13.5 Å². The molecule has 0 aliphatic rings. The van der Waals surface area contributed by atoms with Crippen LogP contribution in [0, 0.1) is 12.7 Å². The smallest absolute Gasteiger partial charge is 0.216 e. The predicted octanol–water partition coefficient (Wildman–Crippen LogP) is 2.89. The van der Waals surface area contributed by atoms with Crippen molar-refractivity contribution in [2.24, 2.45) is 0 Å². The molecule has 1 heterocycles. The molecule has 23 heavy (non-hydrogen) atoms. The first-order valence-electron chi connectivity index (χ1n) is 6.99. The largest absolute Gasteiger partial charge is 0.441 e. The number of benzene rings is 2. The summed E-state index contributed by atoms with van der Waals surface area (Å²) in [7, 11) is -3.51. The number of rotatable bonds is 5. The van der Waals surface area contributed by atoms with Gasteiger partial charge in [-0.2, -0.15) is 0 Å². The Morgan fingerprint density at radius 1 is 1.13 bits per heavy atom. The van der Waals surface area contributed by atoms with Crippen LogP contribution in [0.15, 0.2) is 46.9 Å². The molecule has 3 aromatic rings. The van der Waals surface area contributed by atoms with Crippen LogP contribution in [0.25, 0.3) is 11.1 Å². The van der Waals surface area contributed by atoms with Crippen LogP contribution in [0.3, 0.4) is 0 Å². The fraction of sp³-hybridized carbons (Fsp3) is 0.188. The summed E-state index contributed by atoms with van der Waals surface area (Å²) in [6.07, 6.45) is 0. The second kappa shape index (κ2) is 6.10. The van der Waals surface area contributed by atoms with Crippen LogP contribution in [-0.2, 0) is 22.3 Å². The average Bonchev–Trinajstić information content (AvgIpc) is 2.87. The summed E-state index contributed by atoms with van der Waals surface area (Å²) < 4.78 is 44.9. The van der Waals surface area contributed by atoms with Gasteiger partial charge in [-0.1, -0.05) is 18.2 Å². The number of aromatic nitrogens is 1. The van der Waals surface area contributed by atoms with Gasteiger partial charge in [-0.15, -0.1) is 0 Å². The lowest BCUT2D eigenvalue weighted by Gasteiger charge is -2.07. The lowest BCUT2D eigenvalue weighted by Crippen LogP contribution is -2.24. The minimum absolute atomic E-state index is 0.158. The Morgan fingerprint density at radius 2 is 1.83 bits per heavy atom. The molecule has 0 atom stereocenters. The Kier molecular flexibility index (Phi) is 4.14. The third kappa shape index (κ3) is 3.94. The maximum Gasteiger partial charge on any atom is 0.216 e. The van der Waals surface area contributed by atoms with E-state index in [0.29, 0.717) is 22.6 Å². The van der Waals surface area contributed by atoms with Crippen molar-refractivity contribution in [2.45, 2.75) is 19.2 Å². The molecule has 120 valence electrons. The van der Waals surface area contributed by atoms with Crippen LogP contribution >= 0.6 is 0 Å². The molecule has 0 radical (unpaired) electrons. The number of halogens is 1. The van der Waals surface area contributed by atoms with Crippen molar-refractivity contribution in [2.75, 3.05) is 0 Å². The van der Waals surface area contributed by atoms with Crippen LogP contribution in [-0.4, -0.2) is 13.4 Å². The molecular formula is C16H15FN2O3S. The second-order valence-electron chi connectivity index (χ2n) is 5.24. The van der Waals surface area contributed by atoms with Crippen molar-refractivity contribution in [3.05, 3.63) is 65.3 Å². The Labute approximate surface area is 133 Å². The van der Waals surface area contributed by atoms with Gasteiger partial charge in [0.05, 0.1) is 5.75 Å². The molecule has 3 rings (SSSR count). The summed E-state index contributed by atoms with van der Waals surface area (Å²) in [5.74, 6) is -0.0251. The highest BCUT2D eigenvalue weighted by atomic mass is 32.2. The van der Waals surface area contributed by atoms with Crippen molar-refractivity contribution in [3.63, 3.8) is 0 Å². The molecule has 0 aliphatic carbocycles. The SMILES string of the molecule is Cc1nc2cc(CNS(=O)(=O)Cc3ccc(F)cc3)ccc2o1. The van der Waals surface area contributed by atoms with E-state index in [4.69, 9.17) is 4.42 Å². The van der Waals surface area contributed by atoms with Crippen LogP contribution in [0.5, 0.6) is 0 Å². The first kappa shape index (κ1) is 15.6. The van der Waals surface area contributed by atoms with E-state index in [1.807, 2.05) is 0 Å².